The van der Waals surface area contributed by atoms with Crippen LogP contribution >= 0.6 is 0 Å². The van der Waals surface area contributed by atoms with Crippen LogP contribution in [-0.4, -0.2) is 63.1 Å². The predicted molar refractivity (Wildman–Crippen MR) is 86.6 cm³/mol. The topological polar surface area (TPSA) is 122 Å². The Kier molecular flexibility index (Phi) is 5.07. The molecule has 0 unspecified atom stereocenters. The van der Waals surface area contributed by atoms with Gasteiger partial charge in [-0.1, -0.05) is 0 Å². The van der Waals surface area contributed by atoms with E-state index in [2.05, 4.69) is 20.7 Å². The number of benzene rings is 1. The number of cyclic esters (lactones) is 1. The van der Waals surface area contributed by atoms with E-state index in [4.69, 9.17) is 9.84 Å². The Morgan fingerprint density at radius 2 is 2.31 bits per heavy atom. The highest BCUT2D eigenvalue weighted by Crippen LogP contribution is 2.27. The quantitative estimate of drug-likeness (QED) is 0.736. The molecule has 0 radical (unpaired) electrons. The molecule has 0 saturated carbocycles. The van der Waals surface area contributed by atoms with Crippen molar-refractivity contribution >= 4 is 17.7 Å². The number of aliphatic hydroxyl groups is 1. The number of ether oxygens (including phenoxy) is 1. The predicted octanol–water partition coefficient (Wildman–Crippen LogP) is -0.0672. The van der Waals surface area contributed by atoms with Crippen molar-refractivity contribution in [3.63, 3.8) is 0 Å². The summed E-state index contributed by atoms with van der Waals surface area (Å²) in [5.41, 5.74) is 0.449. The second-order valence-corrected chi connectivity index (χ2v) is 5.65. The minimum absolute atomic E-state index is 0.0787. The van der Waals surface area contributed by atoms with Gasteiger partial charge in [-0.05, 0) is 23.4 Å². The molecular weight excluding hydrogens is 347 g/mol. The Labute approximate surface area is 147 Å². The van der Waals surface area contributed by atoms with Crippen LogP contribution in [0.3, 0.4) is 0 Å². The number of aliphatic hydroxyl groups excluding tert-OH is 1. The van der Waals surface area contributed by atoms with Gasteiger partial charge in [0.2, 0.25) is 11.7 Å². The fourth-order valence-corrected chi connectivity index (χ4v) is 2.48. The van der Waals surface area contributed by atoms with E-state index in [-0.39, 0.29) is 43.5 Å². The third-order valence-electron chi connectivity index (χ3n) is 3.71. The van der Waals surface area contributed by atoms with E-state index in [0.29, 0.717) is 5.69 Å². The number of hydrogen-bond acceptors (Lipinski definition) is 7. The third-order valence-corrected chi connectivity index (χ3v) is 3.71. The first-order valence-corrected chi connectivity index (χ1v) is 7.89. The van der Waals surface area contributed by atoms with Crippen LogP contribution in [0.4, 0.5) is 14.9 Å². The van der Waals surface area contributed by atoms with E-state index in [1.165, 1.54) is 24.0 Å². The lowest BCUT2D eigenvalue weighted by molar-refractivity contribution is -0.119. The molecule has 2 N–H and O–H groups in total. The van der Waals surface area contributed by atoms with Gasteiger partial charge in [-0.15, -0.1) is 10.2 Å². The number of aromatic nitrogens is 4. The van der Waals surface area contributed by atoms with Crippen LogP contribution < -0.4 is 10.2 Å². The number of amides is 2. The van der Waals surface area contributed by atoms with E-state index >= 15 is 0 Å². The van der Waals surface area contributed by atoms with Crippen molar-refractivity contribution in [2.24, 2.45) is 0 Å². The summed E-state index contributed by atoms with van der Waals surface area (Å²) in [6.07, 6.45) is -1.12. The average Bonchev–Trinajstić information content (AvgIpc) is 3.20. The van der Waals surface area contributed by atoms with Gasteiger partial charge >= 0.3 is 6.09 Å². The Balaban J connectivity index is 1.74. The SMILES string of the molecule is CC(=O)NC[C@H]1CN(c2ccc(-c3nnn(CCO)n3)c(F)c2)C(=O)O1. The number of carbonyl (C=O) groups is 2. The molecule has 10 nitrogen and oxygen atoms in total. The van der Waals surface area contributed by atoms with Gasteiger partial charge in [0.1, 0.15) is 11.9 Å². The van der Waals surface area contributed by atoms with Crippen LogP contribution in [0.25, 0.3) is 11.4 Å². The molecule has 1 aromatic heterocycles. The maximum Gasteiger partial charge on any atom is 0.414 e. The molecule has 0 aliphatic carbocycles. The van der Waals surface area contributed by atoms with Crippen LogP contribution in [0.2, 0.25) is 0 Å². The number of tetrazole rings is 1. The summed E-state index contributed by atoms with van der Waals surface area (Å²) in [5.74, 6) is -0.768. The van der Waals surface area contributed by atoms with Gasteiger partial charge in [-0.3, -0.25) is 9.69 Å². The van der Waals surface area contributed by atoms with E-state index in [1.807, 2.05) is 0 Å². The summed E-state index contributed by atoms with van der Waals surface area (Å²) in [6, 6.07) is 4.18. The third kappa shape index (κ3) is 3.77. The zero-order chi connectivity index (χ0) is 18.7. The van der Waals surface area contributed by atoms with Gasteiger partial charge in [0.25, 0.3) is 0 Å². The first kappa shape index (κ1) is 17.7. The number of halogens is 1. The smallest absolute Gasteiger partial charge is 0.414 e. The Hall–Kier alpha value is -3.08. The molecule has 1 aliphatic heterocycles. The highest BCUT2D eigenvalue weighted by Gasteiger charge is 2.32. The number of anilines is 1. The zero-order valence-electron chi connectivity index (χ0n) is 13.9. The average molecular weight is 364 g/mol. The Morgan fingerprint density at radius 3 is 3.00 bits per heavy atom. The number of rotatable bonds is 6. The lowest BCUT2D eigenvalue weighted by Crippen LogP contribution is -2.33. The van der Waals surface area contributed by atoms with Crippen molar-refractivity contribution < 1.29 is 23.8 Å². The summed E-state index contributed by atoms with van der Waals surface area (Å²) in [5, 5.41) is 22.9. The van der Waals surface area contributed by atoms with Crippen LogP contribution in [0.1, 0.15) is 6.92 Å². The summed E-state index contributed by atoms with van der Waals surface area (Å²) in [6.45, 7) is 1.75. The molecule has 1 fully saturated rings. The first-order chi connectivity index (χ1) is 12.5. The van der Waals surface area contributed by atoms with Crippen molar-refractivity contribution in [2.45, 2.75) is 19.6 Å². The maximum atomic E-state index is 14.5. The molecule has 0 spiro atoms. The lowest BCUT2D eigenvalue weighted by Gasteiger charge is -2.13. The summed E-state index contributed by atoms with van der Waals surface area (Å²) < 4.78 is 19.6. The van der Waals surface area contributed by atoms with Gasteiger partial charge in [0.05, 0.1) is 37.5 Å². The largest absolute Gasteiger partial charge is 0.442 e. The molecule has 1 aliphatic rings. The van der Waals surface area contributed by atoms with Crippen molar-refractivity contribution in [1.29, 1.82) is 0 Å². The van der Waals surface area contributed by atoms with E-state index < -0.39 is 18.0 Å². The summed E-state index contributed by atoms with van der Waals surface area (Å²) in [7, 11) is 0. The van der Waals surface area contributed by atoms with Gasteiger partial charge in [-0.2, -0.15) is 4.80 Å². The zero-order valence-corrected chi connectivity index (χ0v) is 13.9. The monoisotopic (exact) mass is 364 g/mol. The fourth-order valence-electron chi connectivity index (χ4n) is 2.48. The molecule has 2 heterocycles. The van der Waals surface area contributed by atoms with Gasteiger partial charge in [0.15, 0.2) is 0 Å². The summed E-state index contributed by atoms with van der Waals surface area (Å²) in [4.78, 5) is 25.4. The molecule has 2 aromatic rings. The van der Waals surface area contributed by atoms with Gasteiger partial charge in [-0.25, -0.2) is 9.18 Å². The minimum atomic E-state index is -0.621. The molecule has 26 heavy (non-hydrogen) atoms. The summed E-state index contributed by atoms with van der Waals surface area (Å²) >= 11 is 0. The van der Waals surface area contributed by atoms with Crippen molar-refractivity contribution in [1.82, 2.24) is 25.5 Å². The van der Waals surface area contributed by atoms with Crippen LogP contribution in [0.5, 0.6) is 0 Å². The number of carbonyl (C=O) groups excluding carboxylic acids is 2. The number of nitrogens with zero attached hydrogens (tertiary/aromatic N) is 5. The lowest BCUT2D eigenvalue weighted by atomic mass is 10.1. The Bertz CT molecular complexity index is 826. The molecule has 2 amide bonds. The second kappa shape index (κ2) is 7.44. The van der Waals surface area contributed by atoms with Gasteiger partial charge < -0.3 is 15.2 Å². The van der Waals surface area contributed by atoms with E-state index in [9.17, 15) is 14.0 Å². The minimum Gasteiger partial charge on any atom is -0.442 e. The molecule has 11 heteroatoms. The van der Waals surface area contributed by atoms with Crippen LogP contribution in [0, 0.1) is 5.82 Å². The van der Waals surface area contributed by atoms with Crippen LogP contribution in [0.15, 0.2) is 18.2 Å². The van der Waals surface area contributed by atoms with Crippen molar-refractivity contribution in [2.75, 3.05) is 24.6 Å². The molecular formula is C15H17FN6O4. The normalized spacial score (nSPS) is 16.7. The standard InChI is InChI=1S/C15H17FN6O4/c1-9(24)17-7-11-8-21(15(25)26-11)10-2-3-12(13(16)6-10)14-18-20-22(19-14)4-5-23/h2-3,6,11,23H,4-5,7-8H2,1H3,(H,17,24)/t11-/m0/s1. The van der Waals surface area contributed by atoms with E-state index in [1.54, 1.807) is 6.07 Å². The molecule has 1 saturated heterocycles. The van der Waals surface area contributed by atoms with Crippen molar-refractivity contribution in [3.05, 3.63) is 24.0 Å². The van der Waals surface area contributed by atoms with Crippen LogP contribution in [-0.2, 0) is 16.1 Å². The molecule has 1 atom stereocenters. The van der Waals surface area contributed by atoms with E-state index in [0.717, 1.165) is 4.80 Å². The maximum absolute atomic E-state index is 14.5. The number of hydrogen-bond donors (Lipinski definition) is 2. The highest BCUT2D eigenvalue weighted by atomic mass is 19.1. The molecule has 3 rings (SSSR count). The molecule has 138 valence electrons. The second-order valence-electron chi connectivity index (χ2n) is 5.65. The fraction of sp³-hybridized carbons (Fsp3) is 0.400. The first-order valence-electron chi connectivity index (χ1n) is 7.89. The van der Waals surface area contributed by atoms with Gasteiger partial charge in [0, 0.05) is 6.92 Å². The number of nitrogens with one attached hydrogen (secondary N) is 1. The van der Waals surface area contributed by atoms with Crippen molar-refractivity contribution in [3.8, 4) is 11.4 Å². The highest BCUT2D eigenvalue weighted by molar-refractivity contribution is 5.90. The molecule has 0 bridgehead atoms. The Morgan fingerprint density at radius 1 is 1.50 bits per heavy atom. The molecule has 1 aromatic carbocycles.